The molecule has 0 unspecified atom stereocenters. The van der Waals surface area contributed by atoms with Gasteiger partial charge in [-0.15, -0.1) is 0 Å². The quantitative estimate of drug-likeness (QED) is 0.711. The molecule has 0 bridgehead atoms. The first-order chi connectivity index (χ1) is 5.77. The summed E-state index contributed by atoms with van der Waals surface area (Å²) in [6.45, 7) is 0. The summed E-state index contributed by atoms with van der Waals surface area (Å²) in [4.78, 5) is 0. The third-order valence-electron chi connectivity index (χ3n) is 1.55. The highest BCUT2D eigenvalue weighted by molar-refractivity contribution is 9.10. The van der Waals surface area contributed by atoms with Crippen LogP contribution in [0.15, 0.2) is 28.9 Å². The number of benzene rings is 1. The van der Waals surface area contributed by atoms with Gasteiger partial charge in [0.25, 0.3) is 0 Å². The van der Waals surface area contributed by atoms with E-state index < -0.39 is 0 Å². The highest BCUT2D eigenvalue weighted by Crippen LogP contribution is 2.23. The van der Waals surface area contributed by atoms with Crippen LogP contribution in [0.4, 0.5) is 0 Å². The van der Waals surface area contributed by atoms with Crippen LogP contribution in [0.2, 0.25) is 5.02 Å². The smallest absolute Gasteiger partial charge is 0.0955 e. The van der Waals surface area contributed by atoms with Crippen molar-refractivity contribution in [3.63, 3.8) is 0 Å². The van der Waals surface area contributed by atoms with Crippen LogP contribution < -0.4 is 0 Å². The Morgan fingerprint density at radius 1 is 1.33 bits per heavy atom. The predicted octanol–water partition coefficient (Wildman–Crippen LogP) is 3.05. The lowest BCUT2D eigenvalue weighted by molar-refractivity contribution is 1.07. The second-order valence-electron chi connectivity index (χ2n) is 2.35. The maximum absolute atomic E-state index is 5.79. The van der Waals surface area contributed by atoms with Gasteiger partial charge in [0.1, 0.15) is 0 Å². The summed E-state index contributed by atoms with van der Waals surface area (Å²) in [6.07, 6.45) is 1.66. The second-order valence-corrected chi connectivity index (χ2v) is 3.64. The monoisotopic (exact) mass is 242 g/mol. The molecule has 0 N–H and O–H groups in total. The Labute approximate surface area is 82.7 Å². The molecule has 0 amide bonds. The Balaban J connectivity index is 2.86. The minimum atomic E-state index is 0.676. The van der Waals surface area contributed by atoms with Crippen molar-refractivity contribution < 1.29 is 0 Å². The van der Waals surface area contributed by atoms with Crippen molar-refractivity contribution in [2.45, 2.75) is 0 Å². The van der Waals surface area contributed by atoms with Gasteiger partial charge < -0.3 is 0 Å². The SMILES string of the molecule is Clc1ccc2c(Br)cnnc2c1. The summed E-state index contributed by atoms with van der Waals surface area (Å²) in [5.74, 6) is 0. The first-order valence-corrected chi connectivity index (χ1v) is 4.51. The molecule has 60 valence electrons. The fraction of sp³-hybridized carbons (Fsp3) is 0. The van der Waals surface area contributed by atoms with E-state index in [-0.39, 0.29) is 0 Å². The minimum Gasteiger partial charge on any atom is -0.157 e. The molecule has 0 spiro atoms. The van der Waals surface area contributed by atoms with E-state index in [9.17, 15) is 0 Å². The van der Waals surface area contributed by atoms with Gasteiger partial charge >= 0.3 is 0 Å². The van der Waals surface area contributed by atoms with Crippen LogP contribution in [0.1, 0.15) is 0 Å². The van der Waals surface area contributed by atoms with Crippen LogP contribution in [-0.2, 0) is 0 Å². The van der Waals surface area contributed by atoms with E-state index in [4.69, 9.17) is 11.6 Å². The number of rotatable bonds is 0. The fourth-order valence-electron chi connectivity index (χ4n) is 1.00. The topological polar surface area (TPSA) is 25.8 Å². The van der Waals surface area contributed by atoms with Crippen LogP contribution in [0.5, 0.6) is 0 Å². The Kier molecular flexibility index (Phi) is 1.98. The first kappa shape index (κ1) is 7.95. The molecule has 0 fully saturated rings. The van der Waals surface area contributed by atoms with Gasteiger partial charge in [-0.05, 0) is 28.1 Å². The van der Waals surface area contributed by atoms with Gasteiger partial charge in [-0.1, -0.05) is 17.7 Å². The van der Waals surface area contributed by atoms with Gasteiger partial charge in [0, 0.05) is 14.9 Å². The molecule has 2 nitrogen and oxygen atoms in total. The Morgan fingerprint density at radius 2 is 2.17 bits per heavy atom. The van der Waals surface area contributed by atoms with E-state index >= 15 is 0 Å². The van der Waals surface area contributed by atoms with Crippen molar-refractivity contribution in [2.24, 2.45) is 0 Å². The van der Waals surface area contributed by atoms with Crippen LogP contribution in [-0.4, -0.2) is 10.2 Å². The van der Waals surface area contributed by atoms with Crippen molar-refractivity contribution in [1.82, 2.24) is 10.2 Å². The van der Waals surface area contributed by atoms with Crippen molar-refractivity contribution in [2.75, 3.05) is 0 Å². The van der Waals surface area contributed by atoms with Gasteiger partial charge in [-0.3, -0.25) is 0 Å². The van der Waals surface area contributed by atoms with Crippen molar-refractivity contribution in [1.29, 1.82) is 0 Å². The lowest BCUT2D eigenvalue weighted by Gasteiger charge is -1.97. The van der Waals surface area contributed by atoms with Crippen molar-refractivity contribution in [3.05, 3.63) is 33.9 Å². The molecule has 2 aromatic rings. The van der Waals surface area contributed by atoms with E-state index in [1.165, 1.54) is 0 Å². The zero-order valence-corrected chi connectivity index (χ0v) is 8.30. The second kappa shape index (κ2) is 2.99. The normalized spacial score (nSPS) is 10.5. The molecule has 0 radical (unpaired) electrons. The van der Waals surface area contributed by atoms with Crippen LogP contribution in [0.25, 0.3) is 10.9 Å². The van der Waals surface area contributed by atoms with E-state index in [0.29, 0.717) is 5.02 Å². The number of hydrogen-bond acceptors (Lipinski definition) is 2. The Hall–Kier alpha value is -0.670. The molecule has 4 heteroatoms. The molecule has 2 rings (SSSR count). The fourth-order valence-corrected chi connectivity index (χ4v) is 1.59. The summed E-state index contributed by atoms with van der Waals surface area (Å²) in [5.41, 5.74) is 0.803. The zero-order chi connectivity index (χ0) is 8.55. The summed E-state index contributed by atoms with van der Waals surface area (Å²) in [6, 6.07) is 5.53. The van der Waals surface area contributed by atoms with Gasteiger partial charge in [-0.25, -0.2) is 0 Å². The molecule has 0 aliphatic carbocycles. The van der Waals surface area contributed by atoms with Crippen molar-refractivity contribution in [3.8, 4) is 0 Å². The van der Waals surface area contributed by atoms with E-state index in [1.54, 1.807) is 12.3 Å². The summed E-state index contributed by atoms with van der Waals surface area (Å²) >= 11 is 9.16. The lowest BCUT2D eigenvalue weighted by atomic mass is 10.2. The summed E-state index contributed by atoms with van der Waals surface area (Å²) in [5, 5.41) is 9.43. The molecular weight excluding hydrogens is 239 g/mol. The van der Waals surface area contributed by atoms with Gasteiger partial charge in [0.15, 0.2) is 0 Å². The zero-order valence-electron chi connectivity index (χ0n) is 5.96. The highest BCUT2D eigenvalue weighted by atomic mass is 79.9. The molecule has 0 saturated heterocycles. The number of hydrogen-bond donors (Lipinski definition) is 0. The van der Waals surface area contributed by atoms with Crippen molar-refractivity contribution >= 4 is 38.4 Å². The number of fused-ring (bicyclic) bond motifs is 1. The van der Waals surface area contributed by atoms with Crippen LogP contribution in [0, 0.1) is 0 Å². The minimum absolute atomic E-state index is 0.676. The van der Waals surface area contributed by atoms with Crippen LogP contribution in [0.3, 0.4) is 0 Å². The standard InChI is InChI=1S/C8H4BrClN2/c9-7-4-11-12-8-3-5(10)1-2-6(7)8/h1-4H. The molecule has 1 aromatic carbocycles. The maximum Gasteiger partial charge on any atom is 0.0955 e. The molecule has 0 aliphatic heterocycles. The molecule has 0 atom stereocenters. The Bertz CT molecular complexity index is 430. The summed E-state index contributed by atoms with van der Waals surface area (Å²) < 4.78 is 0.934. The van der Waals surface area contributed by atoms with E-state index in [1.807, 2.05) is 12.1 Å². The largest absolute Gasteiger partial charge is 0.157 e. The average molecular weight is 243 g/mol. The third kappa shape index (κ3) is 1.30. The van der Waals surface area contributed by atoms with E-state index in [2.05, 4.69) is 26.1 Å². The number of nitrogens with zero attached hydrogens (tertiary/aromatic N) is 2. The third-order valence-corrected chi connectivity index (χ3v) is 2.42. The molecular formula is C8H4BrClN2. The molecule has 12 heavy (non-hydrogen) atoms. The van der Waals surface area contributed by atoms with Gasteiger partial charge in [-0.2, -0.15) is 10.2 Å². The van der Waals surface area contributed by atoms with Crippen LogP contribution >= 0.6 is 27.5 Å². The molecule has 0 saturated carbocycles. The molecule has 1 aromatic heterocycles. The number of aromatic nitrogens is 2. The summed E-state index contributed by atoms with van der Waals surface area (Å²) in [7, 11) is 0. The highest BCUT2D eigenvalue weighted by Gasteiger charge is 1.99. The molecule has 1 heterocycles. The predicted molar refractivity (Wildman–Crippen MR) is 52.2 cm³/mol. The van der Waals surface area contributed by atoms with Gasteiger partial charge in [0.2, 0.25) is 0 Å². The number of halogens is 2. The lowest BCUT2D eigenvalue weighted by Crippen LogP contribution is -1.83. The van der Waals surface area contributed by atoms with Gasteiger partial charge in [0.05, 0.1) is 11.7 Å². The first-order valence-electron chi connectivity index (χ1n) is 3.34. The Morgan fingerprint density at radius 3 is 3.00 bits per heavy atom. The van der Waals surface area contributed by atoms with E-state index in [0.717, 1.165) is 15.4 Å². The molecule has 0 aliphatic rings. The average Bonchev–Trinajstić information content (AvgIpc) is 2.04. The maximum atomic E-state index is 5.79.